The Balaban J connectivity index is 2.18. The highest BCUT2D eigenvalue weighted by atomic mass is 32.1. The molecule has 0 saturated carbocycles. The van der Waals surface area contributed by atoms with E-state index in [9.17, 15) is 0 Å². The zero-order valence-corrected chi connectivity index (χ0v) is 11.5. The summed E-state index contributed by atoms with van der Waals surface area (Å²) in [6.07, 6.45) is 0.921. The second-order valence-electron chi connectivity index (χ2n) is 4.77. The van der Waals surface area contributed by atoms with Crippen LogP contribution in [0.5, 0.6) is 0 Å². The van der Waals surface area contributed by atoms with Crippen LogP contribution in [0.3, 0.4) is 0 Å². The third kappa shape index (κ3) is 2.96. The lowest BCUT2D eigenvalue weighted by molar-refractivity contribution is 0.731. The maximum Gasteiger partial charge on any atom is 0.0433 e. The Morgan fingerprint density at radius 2 is 1.76 bits per heavy atom. The first kappa shape index (κ1) is 12.3. The van der Waals surface area contributed by atoms with Gasteiger partial charge < -0.3 is 5.73 Å². The van der Waals surface area contributed by atoms with Crippen molar-refractivity contribution in [3.05, 3.63) is 56.8 Å². The maximum atomic E-state index is 6.28. The summed E-state index contributed by atoms with van der Waals surface area (Å²) in [4.78, 5) is 1.31. The summed E-state index contributed by atoms with van der Waals surface area (Å²) < 4.78 is 0. The largest absolute Gasteiger partial charge is 0.323 e. The van der Waals surface area contributed by atoms with Crippen LogP contribution in [0, 0.1) is 20.8 Å². The molecule has 0 aliphatic carbocycles. The van der Waals surface area contributed by atoms with Crippen molar-refractivity contribution in [1.29, 1.82) is 0 Å². The molecule has 0 aliphatic heterocycles. The number of rotatable bonds is 3. The molecular weight excluding hydrogens is 226 g/mol. The van der Waals surface area contributed by atoms with Crippen molar-refractivity contribution in [2.45, 2.75) is 33.2 Å². The van der Waals surface area contributed by atoms with Gasteiger partial charge in [-0.2, -0.15) is 0 Å². The first-order chi connectivity index (χ1) is 8.06. The summed E-state index contributed by atoms with van der Waals surface area (Å²) in [7, 11) is 0. The lowest BCUT2D eigenvalue weighted by atomic mass is 10.00. The Hall–Kier alpha value is -1.12. The Bertz CT molecular complexity index is 493. The third-order valence-electron chi connectivity index (χ3n) is 2.98. The van der Waals surface area contributed by atoms with Gasteiger partial charge in [0.2, 0.25) is 0 Å². The molecule has 1 heterocycles. The van der Waals surface area contributed by atoms with E-state index in [0.717, 1.165) is 6.42 Å². The predicted octanol–water partition coefficient (Wildman–Crippen LogP) is 3.92. The van der Waals surface area contributed by atoms with Gasteiger partial charge in [0.1, 0.15) is 0 Å². The van der Waals surface area contributed by atoms with Gasteiger partial charge in [0.15, 0.2) is 0 Å². The molecule has 0 aliphatic rings. The molecule has 1 aromatic heterocycles. The lowest BCUT2D eigenvalue weighted by Crippen LogP contribution is -2.13. The van der Waals surface area contributed by atoms with E-state index in [1.807, 2.05) is 0 Å². The molecule has 0 fully saturated rings. The number of thiophene rings is 1. The SMILES string of the molecule is Cc1cc(C)cc(CC(N)c2sccc2C)c1. The summed E-state index contributed by atoms with van der Waals surface area (Å²) >= 11 is 1.76. The average Bonchev–Trinajstić information content (AvgIpc) is 2.62. The number of nitrogens with two attached hydrogens (primary N) is 1. The smallest absolute Gasteiger partial charge is 0.0433 e. The van der Waals surface area contributed by atoms with Crippen molar-refractivity contribution in [1.82, 2.24) is 0 Å². The minimum Gasteiger partial charge on any atom is -0.323 e. The molecule has 2 aromatic rings. The third-order valence-corrected chi connectivity index (χ3v) is 4.13. The normalized spacial score (nSPS) is 12.7. The van der Waals surface area contributed by atoms with Crippen molar-refractivity contribution < 1.29 is 0 Å². The molecule has 2 rings (SSSR count). The highest BCUT2D eigenvalue weighted by Gasteiger charge is 2.11. The van der Waals surface area contributed by atoms with Crippen molar-refractivity contribution >= 4 is 11.3 Å². The zero-order valence-electron chi connectivity index (χ0n) is 10.7. The van der Waals surface area contributed by atoms with Crippen LogP contribution >= 0.6 is 11.3 Å². The van der Waals surface area contributed by atoms with Crippen LogP contribution in [0.15, 0.2) is 29.6 Å². The molecule has 1 unspecified atom stereocenters. The van der Waals surface area contributed by atoms with Gasteiger partial charge in [0.25, 0.3) is 0 Å². The average molecular weight is 245 g/mol. The summed E-state index contributed by atoms with van der Waals surface area (Å²) in [5, 5.41) is 2.12. The first-order valence-electron chi connectivity index (χ1n) is 5.93. The van der Waals surface area contributed by atoms with Gasteiger partial charge in [-0.3, -0.25) is 0 Å². The molecule has 0 saturated heterocycles. The number of benzene rings is 1. The highest BCUT2D eigenvalue weighted by Crippen LogP contribution is 2.25. The van der Waals surface area contributed by atoms with Gasteiger partial charge in [-0.05, 0) is 49.8 Å². The Morgan fingerprint density at radius 1 is 1.12 bits per heavy atom. The van der Waals surface area contributed by atoms with E-state index in [-0.39, 0.29) is 6.04 Å². The van der Waals surface area contributed by atoms with Gasteiger partial charge in [-0.1, -0.05) is 29.3 Å². The van der Waals surface area contributed by atoms with Gasteiger partial charge in [-0.25, -0.2) is 0 Å². The van der Waals surface area contributed by atoms with Crippen LogP contribution in [0.4, 0.5) is 0 Å². The van der Waals surface area contributed by atoms with Crippen molar-refractivity contribution in [3.8, 4) is 0 Å². The number of aryl methyl sites for hydroxylation is 3. The van der Waals surface area contributed by atoms with E-state index in [4.69, 9.17) is 5.73 Å². The fourth-order valence-electron chi connectivity index (χ4n) is 2.30. The molecule has 90 valence electrons. The van der Waals surface area contributed by atoms with Gasteiger partial charge >= 0.3 is 0 Å². The molecule has 0 radical (unpaired) electrons. The first-order valence-corrected chi connectivity index (χ1v) is 6.81. The quantitative estimate of drug-likeness (QED) is 0.871. The number of hydrogen-bond donors (Lipinski definition) is 1. The van der Waals surface area contributed by atoms with E-state index in [0.29, 0.717) is 0 Å². The molecule has 2 heteroatoms. The fraction of sp³-hybridized carbons (Fsp3) is 0.333. The molecule has 2 N–H and O–H groups in total. The van der Waals surface area contributed by atoms with Gasteiger partial charge in [-0.15, -0.1) is 11.3 Å². The van der Waals surface area contributed by atoms with Crippen LogP contribution in [-0.2, 0) is 6.42 Å². The Labute approximate surface area is 107 Å². The van der Waals surface area contributed by atoms with Crippen LogP contribution in [0.2, 0.25) is 0 Å². The molecular formula is C15H19NS. The van der Waals surface area contributed by atoms with Crippen molar-refractivity contribution in [3.63, 3.8) is 0 Å². The summed E-state index contributed by atoms with van der Waals surface area (Å²) in [6, 6.07) is 8.93. The standard InChI is InChI=1S/C15H19NS/c1-10-6-11(2)8-13(7-10)9-14(16)15-12(3)4-5-17-15/h4-8,14H,9,16H2,1-3H3. The Morgan fingerprint density at radius 3 is 2.29 bits per heavy atom. The van der Waals surface area contributed by atoms with E-state index in [1.165, 1.54) is 27.1 Å². The Kier molecular flexibility index (Phi) is 3.65. The minimum atomic E-state index is 0.121. The molecule has 1 aromatic carbocycles. The molecule has 0 spiro atoms. The minimum absolute atomic E-state index is 0.121. The van der Waals surface area contributed by atoms with Gasteiger partial charge in [0.05, 0.1) is 0 Å². The topological polar surface area (TPSA) is 26.0 Å². The van der Waals surface area contributed by atoms with Crippen LogP contribution in [-0.4, -0.2) is 0 Å². The molecule has 17 heavy (non-hydrogen) atoms. The van der Waals surface area contributed by atoms with E-state index in [1.54, 1.807) is 11.3 Å². The summed E-state index contributed by atoms with van der Waals surface area (Å²) in [6.45, 7) is 6.41. The zero-order chi connectivity index (χ0) is 12.4. The van der Waals surface area contributed by atoms with E-state index in [2.05, 4.69) is 50.4 Å². The monoisotopic (exact) mass is 245 g/mol. The predicted molar refractivity (Wildman–Crippen MR) is 75.6 cm³/mol. The molecule has 1 nitrogen and oxygen atoms in total. The molecule has 0 bridgehead atoms. The second kappa shape index (κ2) is 5.03. The lowest BCUT2D eigenvalue weighted by Gasteiger charge is -2.12. The summed E-state index contributed by atoms with van der Waals surface area (Å²) in [5.41, 5.74) is 11.6. The number of hydrogen-bond acceptors (Lipinski definition) is 2. The molecule has 1 atom stereocenters. The van der Waals surface area contributed by atoms with Crippen LogP contribution in [0.25, 0.3) is 0 Å². The van der Waals surface area contributed by atoms with Crippen LogP contribution in [0.1, 0.15) is 33.2 Å². The van der Waals surface area contributed by atoms with E-state index >= 15 is 0 Å². The summed E-state index contributed by atoms with van der Waals surface area (Å²) in [5.74, 6) is 0. The second-order valence-corrected chi connectivity index (χ2v) is 5.72. The van der Waals surface area contributed by atoms with E-state index < -0.39 is 0 Å². The highest BCUT2D eigenvalue weighted by molar-refractivity contribution is 7.10. The van der Waals surface area contributed by atoms with Crippen molar-refractivity contribution in [2.75, 3.05) is 0 Å². The van der Waals surface area contributed by atoms with Crippen LogP contribution < -0.4 is 5.73 Å². The van der Waals surface area contributed by atoms with Gasteiger partial charge in [0, 0.05) is 10.9 Å². The maximum absolute atomic E-state index is 6.28. The fourth-order valence-corrected chi connectivity index (χ4v) is 3.23. The van der Waals surface area contributed by atoms with Crippen molar-refractivity contribution in [2.24, 2.45) is 5.73 Å². The molecule has 0 amide bonds.